The molecule has 32 heavy (non-hydrogen) atoms. The van der Waals surface area contributed by atoms with Crippen molar-refractivity contribution in [2.75, 3.05) is 23.0 Å². The van der Waals surface area contributed by atoms with Gasteiger partial charge in [0, 0.05) is 36.4 Å². The van der Waals surface area contributed by atoms with Gasteiger partial charge in [0.2, 0.25) is 10.0 Å². The van der Waals surface area contributed by atoms with E-state index in [-0.39, 0.29) is 12.1 Å². The molecule has 3 heterocycles. The molecular formula is C22H25N5O3S2. The Labute approximate surface area is 193 Å². The summed E-state index contributed by atoms with van der Waals surface area (Å²) in [7, 11) is -1.94. The van der Waals surface area contributed by atoms with Gasteiger partial charge in [-0.1, -0.05) is 6.07 Å². The van der Waals surface area contributed by atoms with E-state index in [0.717, 1.165) is 29.9 Å². The van der Waals surface area contributed by atoms with Crippen molar-refractivity contribution in [3.05, 3.63) is 72.3 Å². The number of aromatic nitrogens is 2. The maximum absolute atomic E-state index is 11.7. The van der Waals surface area contributed by atoms with Crippen LogP contribution >= 0.6 is 12.2 Å². The van der Waals surface area contributed by atoms with E-state index >= 15 is 0 Å². The van der Waals surface area contributed by atoms with Crippen molar-refractivity contribution >= 4 is 38.7 Å². The number of pyridine rings is 1. The number of hydrogen-bond donors (Lipinski definition) is 2. The molecule has 0 spiro atoms. The van der Waals surface area contributed by atoms with Crippen LogP contribution in [0.1, 0.15) is 30.4 Å². The molecule has 1 saturated heterocycles. The number of rotatable bonds is 7. The van der Waals surface area contributed by atoms with Gasteiger partial charge in [-0.25, -0.2) is 8.42 Å². The summed E-state index contributed by atoms with van der Waals surface area (Å²) in [6.07, 6.45) is 4.92. The highest BCUT2D eigenvalue weighted by molar-refractivity contribution is 7.92. The second-order valence-corrected chi connectivity index (χ2v) is 9.61. The molecule has 0 saturated carbocycles. The molecule has 1 aliphatic heterocycles. The first kappa shape index (κ1) is 22.1. The number of nitrogens with zero attached hydrogens (tertiary/aromatic N) is 3. The smallest absolute Gasteiger partial charge is 0.229 e. The summed E-state index contributed by atoms with van der Waals surface area (Å²) in [6.45, 7) is 2.91. The van der Waals surface area contributed by atoms with Crippen LogP contribution in [-0.4, -0.2) is 36.4 Å². The molecule has 1 aliphatic rings. The first-order valence-electron chi connectivity index (χ1n) is 10.1. The van der Waals surface area contributed by atoms with Gasteiger partial charge in [0.05, 0.1) is 30.8 Å². The third kappa shape index (κ3) is 4.28. The van der Waals surface area contributed by atoms with Gasteiger partial charge in [-0.2, -0.15) is 0 Å². The number of methoxy groups -OCH3 is 1. The lowest BCUT2D eigenvalue weighted by Crippen LogP contribution is -2.30. The Bertz CT molecular complexity index is 1230. The second kappa shape index (κ2) is 8.79. The molecule has 1 fully saturated rings. The number of aryl methyl sites for hydroxylation is 1. The molecule has 0 amide bonds. The number of nitrogens with one attached hydrogen (secondary N) is 2. The van der Waals surface area contributed by atoms with Crippen molar-refractivity contribution in [1.29, 1.82) is 0 Å². The van der Waals surface area contributed by atoms with Crippen LogP contribution in [0.2, 0.25) is 0 Å². The Morgan fingerprint density at radius 1 is 1.22 bits per heavy atom. The summed E-state index contributed by atoms with van der Waals surface area (Å²) in [5, 5.41) is 3.98. The van der Waals surface area contributed by atoms with E-state index in [1.807, 2.05) is 41.4 Å². The van der Waals surface area contributed by atoms with Gasteiger partial charge >= 0.3 is 0 Å². The fourth-order valence-corrected chi connectivity index (χ4v) is 4.95. The predicted molar refractivity (Wildman–Crippen MR) is 129 cm³/mol. The van der Waals surface area contributed by atoms with Crippen molar-refractivity contribution in [2.45, 2.75) is 25.6 Å². The Balaban J connectivity index is 1.82. The van der Waals surface area contributed by atoms with Crippen LogP contribution in [0.15, 0.2) is 60.9 Å². The number of thiocarbonyl (C=S) groups is 1. The Kier molecular flexibility index (Phi) is 6.07. The Morgan fingerprint density at radius 3 is 2.69 bits per heavy atom. The maximum atomic E-state index is 11.7. The van der Waals surface area contributed by atoms with E-state index in [9.17, 15) is 8.42 Å². The second-order valence-electron chi connectivity index (χ2n) is 7.47. The summed E-state index contributed by atoms with van der Waals surface area (Å²) in [6, 6.07) is 14.9. The molecule has 8 nitrogen and oxygen atoms in total. The first-order valence-corrected chi connectivity index (χ1v) is 12.4. The minimum absolute atomic E-state index is 0.161. The molecule has 1 aromatic carbocycles. The molecule has 4 rings (SSSR count). The summed E-state index contributed by atoms with van der Waals surface area (Å²) in [5.41, 5.74) is 3.12. The lowest BCUT2D eigenvalue weighted by Gasteiger charge is -2.29. The van der Waals surface area contributed by atoms with Crippen LogP contribution in [0.5, 0.6) is 5.75 Å². The SMILES string of the molecule is CCn1cccc1[C@H]1[C@H](c2ccccn2)NC(=S)N1c1ccc(NS(C)(=O)=O)c(OC)c1. The molecule has 2 N–H and O–H groups in total. The van der Waals surface area contributed by atoms with Crippen molar-refractivity contribution in [2.24, 2.45) is 0 Å². The highest BCUT2D eigenvalue weighted by Crippen LogP contribution is 2.43. The van der Waals surface area contributed by atoms with Crippen molar-refractivity contribution in [3.8, 4) is 5.75 Å². The van der Waals surface area contributed by atoms with Crippen LogP contribution < -0.4 is 19.7 Å². The molecule has 0 radical (unpaired) electrons. The minimum Gasteiger partial charge on any atom is -0.494 e. The van der Waals surface area contributed by atoms with Crippen LogP contribution in [-0.2, 0) is 16.6 Å². The number of sulfonamides is 1. The molecular weight excluding hydrogens is 446 g/mol. The number of hydrogen-bond acceptors (Lipinski definition) is 5. The molecule has 3 aromatic rings. The quantitative estimate of drug-likeness (QED) is 0.510. The van der Waals surface area contributed by atoms with Gasteiger partial charge in [0.15, 0.2) is 5.11 Å². The summed E-state index contributed by atoms with van der Waals surface area (Å²) >= 11 is 5.76. The fourth-order valence-electron chi connectivity index (χ4n) is 4.03. The third-order valence-corrected chi connectivity index (χ3v) is 6.27. The highest BCUT2D eigenvalue weighted by atomic mass is 32.2. The Hall–Kier alpha value is -3.11. The van der Waals surface area contributed by atoms with E-state index in [1.165, 1.54) is 7.11 Å². The lowest BCUT2D eigenvalue weighted by molar-refractivity contribution is 0.417. The fraction of sp³-hybridized carbons (Fsp3) is 0.273. The van der Waals surface area contributed by atoms with Gasteiger partial charge in [-0.3, -0.25) is 9.71 Å². The van der Waals surface area contributed by atoms with Crippen molar-refractivity contribution in [3.63, 3.8) is 0 Å². The van der Waals surface area contributed by atoms with Crippen LogP contribution in [0, 0.1) is 0 Å². The zero-order valence-corrected chi connectivity index (χ0v) is 19.7. The zero-order chi connectivity index (χ0) is 22.9. The molecule has 2 atom stereocenters. The average molecular weight is 472 g/mol. The predicted octanol–water partition coefficient (Wildman–Crippen LogP) is 3.46. The molecule has 2 aromatic heterocycles. The average Bonchev–Trinajstić information content (AvgIpc) is 3.37. The van der Waals surface area contributed by atoms with Crippen molar-refractivity contribution < 1.29 is 13.2 Å². The summed E-state index contributed by atoms with van der Waals surface area (Å²) in [5.74, 6) is 0.404. The van der Waals surface area contributed by atoms with Gasteiger partial charge < -0.3 is 19.5 Å². The highest BCUT2D eigenvalue weighted by Gasteiger charge is 2.42. The molecule has 0 bridgehead atoms. The van der Waals surface area contributed by atoms with Crippen LogP contribution in [0.25, 0.3) is 0 Å². The van der Waals surface area contributed by atoms with Gasteiger partial charge in [-0.05, 0) is 55.5 Å². The summed E-state index contributed by atoms with van der Waals surface area (Å²) < 4.78 is 33.6. The van der Waals surface area contributed by atoms with E-state index < -0.39 is 10.0 Å². The molecule has 0 unspecified atom stereocenters. The Morgan fingerprint density at radius 2 is 2.03 bits per heavy atom. The number of benzene rings is 1. The zero-order valence-electron chi connectivity index (χ0n) is 18.0. The van der Waals surface area contributed by atoms with Crippen molar-refractivity contribution in [1.82, 2.24) is 14.9 Å². The standard InChI is InChI=1S/C22H25N5O3S2/c1-4-26-13-7-9-18(26)21-20(17-8-5-6-12-23-17)24-22(31)27(21)15-10-11-16(19(14-15)30-2)25-32(3,28)29/h5-14,20-21,25H,4H2,1-3H3,(H,24,31)/t20-,21-/m0/s1. The van der Waals surface area contributed by atoms with Gasteiger partial charge in [-0.15, -0.1) is 0 Å². The summed E-state index contributed by atoms with van der Waals surface area (Å²) in [4.78, 5) is 6.60. The maximum Gasteiger partial charge on any atom is 0.229 e. The molecule has 0 aliphatic carbocycles. The lowest BCUT2D eigenvalue weighted by atomic mass is 10.0. The number of ether oxygens (including phenoxy) is 1. The van der Waals surface area contributed by atoms with E-state index in [2.05, 4.69) is 32.6 Å². The van der Waals surface area contributed by atoms with E-state index in [4.69, 9.17) is 17.0 Å². The van der Waals surface area contributed by atoms with Crippen LogP contribution in [0.4, 0.5) is 11.4 Å². The van der Waals surface area contributed by atoms with Crippen LogP contribution in [0.3, 0.4) is 0 Å². The minimum atomic E-state index is -3.45. The monoisotopic (exact) mass is 471 g/mol. The topological polar surface area (TPSA) is 88.5 Å². The number of anilines is 2. The molecule has 10 heteroatoms. The normalized spacial score (nSPS) is 18.5. The third-order valence-electron chi connectivity index (χ3n) is 5.37. The van der Waals surface area contributed by atoms with E-state index in [0.29, 0.717) is 16.5 Å². The van der Waals surface area contributed by atoms with Gasteiger partial charge in [0.1, 0.15) is 11.8 Å². The first-order chi connectivity index (χ1) is 15.3. The van der Waals surface area contributed by atoms with Gasteiger partial charge in [0.25, 0.3) is 0 Å². The largest absolute Gasteiger partial charge is 0.494 e. The van der Waals surface area contributed by atoms with E-state index in [1.54, 1.807) is 18.3 Å². The molecule has 168 valence electrons.